The SMILES string of the molecule is c1ccc(-c2cccc3c2oc2cc(N(c4ccc(-c5ccc6oc7c(-c8ccccc8)cccc7c6c5)cc4)c4cccc5oc6ccccc6c45)ccc23)cc1. The van der Waals surface area contributed by atoms with Gasteiger partial charge in [-0.2, -0.15) is 0 Å². The van der Waals surface area contributed by atoms with Crippen LogP contribution < -0.4 is 4.90 Å². The van der Waals surface area contributed by atoms with Crippen LogP contribution in [0.5, 0.6) is 0 Å². The van der Waals surface area contributed by atoms with E-state index >= 15 is 0 Å². The molecule has 0 aliphatic rings. The van der Waals surface area contributed by atoms with E-state index in [4.69, 9.17) is 13.3 Å². The van der Waals surface area contributed by atoms with Crippen molar-refractivity contribution in [3.05, 3.63) is 200 Å². The second-order valence-electron chi connectivity index (χ2n) is 14.8. The van der Waals surface area contributed by atoms with E-state index in [0.717, 1.165) is 116 Å². The fraction of sp³-hybridized carbons (Fsp3) is 0. The molecule has 0 saturated heterocycles. The molecular weight excluding hydrogens is 711 g/mol. The van der Waals surface area contributed by atoms with E-state index in [-0.39, 0.29) is 0 Å². The molecule has 0 atom stereocenters. The zero-order valence-electron chi connectivity index (χ0n) is 31.2. The Bertz CT molecular complexity index is 3500. The summed E-state index contributed by atoms with van der Waals surface area (Å²) in [6.07, 6.45) is 0. The molecule has 12 rings (SSSR count). The molecule has 0 amide bonds. The van der Waals surface area contributed by atoms with Gasteiger partial charge in [-0.25, -0.2) is 0 Å². The van der Waals surface area contributed by atoms with Crippen molar-refractivity contribution >= 4 is 82.9 Å². The average Bonchev–Trinajstić information content (AvgIpc) is 3.98. The largest absolute Gasteiger partial charge is 0.456 e. The van der Waals surface area contributed by atoms with Gasteiger partial charge in [-0.3, -0.25) is 0 Å². The minimum Gasteiger partial charge on any atom is -0.456 e. The van der Waals surface area contributed by atoms with Gasteiger partial charge >= 0.3 is 0 Å². The average molecular weight is 744 g/mol. The van der Waals surface area contributed by atoms with Crippen LogP contribution in [0.4, 0.5) is 17.1 Å². The van der Waals surface area contributed by atoms with Crippen molar-refractivity contribution in [3.8, 4) is 33.4 Å². The van der Waals surface area contributed by atoms with Gasteiger partial charge < -0.3 is 18.2 Å². The van der Waals surface area contributed by atoms with Crippen LogP contribution in [0.2, 0.25) is 0 Å². The van der Waals surface area contributed by atoms with E-state index in [9.17, 15) is 0 Å². The van der Waals surface area contributed by atoms with E-state index < -0.39 is 0 Å². The van der Waals surface area contributed by atoms with Gasteiger partial charge in [-0.05, 0) is 76.9 Å². The van der Waals surface area contributed by atoms with E-state index in [0.29, 0.717) is 0 Å². The molecule has 58 heavy (non-hydrogen) atoms. The number of nitrogens with zero attached hydrogens (tertiary/aromatic N) is 1. The molecule has 3 heterocycles. The molecule has 4 heteroatoms. The Morgan fingerprint density at radius 2 is 0.862 bits per heavy atom. The van der Waals surface area contributed by atoms with Crippen LogP contribution in [-0.4, -0.2) is 0 Å². The monoisotopic (exact) mass is 743 g/mol. The lowest BCUT2D eigenvalue weighted by molar-refractivity contribution is 0.669. The number of rotatable bonds is 6. The van der Waals surface area contributed by atoms with E-state index in [1.165, 1.54) is 0 Å². The Labute approximate surface area is 333 Å². The lowest BCUT2D eigenvalue weighted by Gasteiger charge is -2.26. The summed E-state index contributed by atoms with van der Waals surface area (Å²) in [7, 11) is 0. The fourth-order valence-corrected chi connectivity index (χ4v) is 8.77. The second kappa shape index (κ2) is 12.9. The van der Waals surface area contributed by atoms with Crippen molar-refractivity contribution in [1.29, 1.82) is 0 Å². The minimum absolute atomic E-state index is 0.831. The van der Waals surface area contributed by atoms with Gasteiger partial charge in [0.1, 0.15) is 33.5 Å². The van der Waals surface area contributed by atoms with Gasteiger partial charge in [-0.15, -0.1) is 0 Å². The summed E-state index contributed by atoms with van der Waals surface area (Å²) in [6, 6.07) is 70.1. The lowest BCUT2D eigenvalue weighted by Crippen LogP contribution is -2.10. The van der Waals surface area contributed by atoms with E-state index in [1.807, 2.05) is 30.3 Å². The Morgan fingerprint density at radius 3 is 1.60 bits per heavy atom. The summed E-state index contributed by atoms with van der Waals surface area (Å²) in [5, 5.41) is 6.52. The fourth-order valence-electron chi connectivity index (χ4n) is 8.77. The molecule has 0 aliphatic carbocycles. The number of para-hydroxylation sites is 3. The number of fused-ring (bicyclic) bond motifs is 9. The van der Waals surface area contributed by atoms with E-state index in [2.05, 4.69) is 175 Å². The molecular formula is C54H33NO3. The maximum atomic E-state index is 6.76. The summed E-state index contributed by atoms with van der Waals surface area (Å²) < 4.78 is 19.6. The molecule has 0 unspecified atom stereocenters. The van der Waals surface area contributed by atoms with Crippen molar-refractivity contribution in [2.24, 2.45) is 0 Å². The molecule has 4 nitrogen and oxygen atoms in total. The van der Waals surface area contributed by atoms with Crippen molar-refractivity contribution in [1.82, 2.24) is 0 Å². The molecule has 0 fully saturated rings. The van der Waals surface area contributed by atoms with Crippen LogP contribution in [0.15, 0.2) is 213 Å². The van der Waals surface area contributed by atoms with Crippen molar-refractivity contribution < 1.29 is 13.3 Å². The highest BCUT2D eigenvalue weighted by molar-refractivity contribution is 6.15. The van der Waals surface area contributed by atoms with Gasteiger partial charge in [-0.1, -0.05) is 140 Å². The molecule has 3 aromatic heterocycles. The summed E-state index contributed by atoms with van der Waals surface area (Å²) in [5.41, 5.74) is 14.9. The topological polar surface area (TPSA) is 42.7 Å². The molecule has 12 aromatic rings. The van der Waals surface area contributed by atoms with Crippen LogP contribution >= 0.6 is 0 Å². The van der Waals surface area contributed by atoms with Gasteiger partial charge in [0.05, 0.1) is 11.1 Å². The molecule has 0 spiro atoms. The number of hydrogen-bond donors (Lipinski definition) is 0. The third-order valence-electron chi connectivity index (χ3n) is 11.5. The van der Waals surface area contributed by atoms with Crippen LogP contribution in [0, 0.1) is 0 Å². The molecule has 0 radical (unpaired) electrons. The van der Waals surface area contributed by atoms with Crippen molar-refractivity contribution in [3.63, 3.8) is 0 Å². The minimum atomic E-state index is 0.831. The zero-order chi connectivity index (χ0) is 38.2. The first kappa shape index (κ1) is 32.4. The maximum absolute atomic E-state index is 6.76. The normalized spacial score (nSPS) is 11.8. The summed E-state index contributed by atoms with van der Waals surface area (Å²) >= 11 is 0. The second-order valence-corrected chi connectivity index (χ2v) is 14.8. The van der Waals surface area contributed by atoms with Gasteiger partial charge in [0.25, 0.3) is 0 Å². The van der Waals surface area contributed by atoms with Crippen LogP contribution in [0.25, 0.3) is 99.2 Å². The number of anilines is 3. The smallest absolute Gasteiger partial charge is 0.143 e. The quantitative estimate of drug-likeness (QED) is 0.170. The third kappa shape index (κ3) is 5.09. The molecule has 0 saturated carbocycles. The molecule has 272 valence electrons. The Morgan fingerprint density at radius 1 is 0.293 bits per heavy atom. The summed E-state index contributed by atoms with van der Waals surface area (Å²) in [5.74, 6) is 0. The maximum Gasteiger partial charge on any atom is 0.143 e. The van der Waals surface area contributed by atoms with Gasteiger partial charge in [0, 0.05) is 55.5 Å². The first-order valence-electron chi connectivity index (χ1n) is 19.6. The van der Waals surface area contributed by atoms with Crippen molar-refractivity contribution in [2.45, 2.75) is 0 Å². The standard InChI is InChI=1S/C54H33NO3/c1-3-12-35(13-4-1)40-17-9-19-43-42-30-29-39(33-51(42)58-53(40)43)55(47-21-11-23-50-52(47)45-16-7-8-22-48(45)56-50)38-27-24-34(25-28-38)37-26-31-49-46(32-37)44-20-10-18-41(54(44)57-49)36-14-5-2-6-15-36/h1-33H. The van der Waals surface area contributed by atoms with Crippen LogP contribution in [0.3, 0.4) is 0 Å². The predicted octanol–water partition coefficient (Wildman–Crippen LogP) is 15.9. The Hall–Kier alpha value is -7.82. The molecule has 0 aliphatic heterocycles. The van der Waals surface area contributed by atoms with Gasteiger partial charge in [0.2, 0.25) is 0 Å². The molecule has 9 aromatic carbocycles. The van der Waals surface area contributed by atoms with Crippen LogP contribution in [0.1, 0.15) is 0 Å². The number of furan rings is 3. The first-order valence-corrected chi connectivity index (χ1v) is 19.6. The Kier molecular flexibility index (Phi) is 7.20. The van der Waals surface area contributed by atoms with Crippen LogP contribution in [-0.2, 0) is 0 Å². The number of hydrogen-bond acceptors (Lipinski definition) is 4. The lowest BCUT2D eigenvalue weighted by atomic mass is 10.00. The predicted molar refractivity (Wildman–Crippen MR) is 239 cm³/mol. The third-order valence-corrected chi connectivity index (χ3v) is 11.5. The highest BCUT2D eigenvalue weighted by atomic mass is 16.3. The zero-order valence-corrected chi connectivity index (χ0v) is 31.2. The van der Waals surface area contributed by atoms with E-state index in [1.54, 1.807) is 0 Å². The molecule has 0 N–H and O–H groups in total. The first-order chi connectivity index (χ1) is 28.7. The molecule has 0 bridgehead atoms. The highest BCUT2D eigenvalue weighted by Crippen LogP contribution is 2.45. The Balaban J connectivity index is 1.00. The van der Waals surface area contributed by atoms with Crippen molar-refractivity contribution in [2.75, 3.05) is 4.90 Å². The summed E-state index contributed by atoms with van der Waals surface area (Å²) in [4.78, 5) is 2.32. The van der Waals surface area contributed by atoms with Gasteiger partial charge in [0.15, 0.2) is 0 Å². The summed E-state index contributed by atoms with van der Waals surface area (Å²) in [6.45, 7) is 0. The number of benzene rings is 9. The highest BCUT2D eigenvalue weighted by Gasteiger charge is 2.22.